The average Bonchev–Trinajstić information content (AvgIpc) is 3.24. The molecule has 1 aromatic heterocycles. The minimum absolute atomic E-state index is 0.264. The molecule has 2 aromatic rings. The third-order valence-corrected chi connectivity index (χ3v) is 6.22. The van der Waals surface area contributed by atoms with Gasteiger partial charge in [0, 0.05) is 43.0 Å². The Morgan fingerprint density at radius 2 is 1.80 bits per heavy atom. The van der Waals surface area contributed by atoms with E-state index >= 15 is 0 Å². The number of benzene rings is 1. The molecule has 0 bridgehead atoms. The van der Waals surface area contributed by atoms with Gasteiger partial charge < -0.3 is 15.2 Å². The Hall–Kier alpha value is -2.56. The average molecular weight is 410 g/mol. The van der Waals surface area contributed by atoms with Gasteiger partial charge in [0.1, 0.15) is 0 Å². The van der Waals surface area contributed by atoms with Crippen LogP contribution >= 0.6 is 0 Å². The van der Waals surface area contributed by atoms with E-state index in [4.69, 9.17) is 5.73 Å². The van der Waals surface area contributed by atoms with Gasteiger partial charge in [-0.3, -0.25) is 9.59 Å². The van der Waals surface area contributed by atoms with Gasteiger partial charge in [-0.05, 0) is 45.1 Å². The van der Waals surface area contributed by atoms with Crippen molar-refractivity contribution in [2.75, 3.05) is 13.1 Å². The lowest BCUT2D eigenvalue weighted by atomic mass is 9.96. The van der Waals surface area contributed by atoms with Crippen molar-refractivity contribution in [3.63, 3.8) is 0 Å². The van der Waals surface area contributed by atoms with E-state index in [2.05, 4.69) is 42.7 Å². The minimum atomic E-state index is -0.367. The first-order chi connectivity index (χ1) is 14.4. The minimum Gasteiger partial charge on any atom is -0.366 e. The molecule has 0 unspecified atom stereocenters. The maximum absolute atomic E-state index is 12.5. The highest BCUT2D eigenvalue weighted by molar-refractivity contribution is 6.02. The second kappa shape index (κ2) is 9.96. The number of primary amides is 1. The molecule has 30 heavy (non-hydrogen) atoms. The van der Waals surface area contributed by atoms with E-state index in [1.165, 1.54) is 11.3 Å². The lowest BCUT2D eigenvalue weighted by molar-refractivity contribution is -0.127. The fourth-order valence-corrected chi connectivity index (χ4v) is 4.60. The van der Waals surface area contributed by atoms with Crippen LogP contribution in [0.1, 0.15) is 72.8 Å². The summed E-state index contributed by atoms with van der Waals surface area (Å²) in [5.74, 6) is -0.103. The van der Waals surface area contributed by atoms with Crippen LogP contribution in [0.15, 0.2) is 24.3 Å². The summed E-state index contributed by atoms with van der Waals surface area (Å²) in [6.45, 7) is 8.71. The Bertz CT molecular complexity index is 896. The molecule has 162 valence electrons. The van der Waals surface area contributed by atoms with Crippen LogP contribution in [0, 0.1) is 13.8 Å². The zero-order valence-electron chi connectivity index (χ0n) is 18.7. The number of amides is 2. The summed E-state index contributed by atoms with van der Waals surface area (Å²) in [4.78, 5) is 26.4. The Morgan fingerprint density at radius 3 is 2.40 bits per heavy atom. The van der Waals surface area contributed by atoms with E-state index < -0.39 is 0 Å². The predicted molar refractivity (Wildman–Crippen MR) is 122 cm³/mol. The van der Waals surface area contributed by atoms with Gasteiger partial charge in [0.15, 0.2) is 0 Å². The zero-order chi connectivity index (χ0) is 21.7. The SMILES string of the molecule is CCCCCc1c(-c2ccc(C)cc2)c(C(N)=O)c(C)n1CCCN1CCCC1=O. The van der Waals surface area contributed by atoms with Crippen LogP contribution in [-0.4, -0.2) is 34.4 Å². The molecule has 0 aliphatic carbocycles. The van der Waals surface area contributed by atoms with Crippen LogP contribution in [0.4, 0.5) is 0 Å². The smallest absolute Gasteiger partial charge is 0.251 e. The number of hydrogen-bond donors (Lipinski definition) is 1. The standard InChI is InChI=1S/C25H35N3O2/c1-4-5-6-9-21-24(20-13-11-18(2)12-14-20)23(25(26)30)19(3)28(21)17-8-16-27-15-7-10-22(27)29/h11-14H,4-10,15-17H2,1-3H3,(H2,26,30). The molecule has 1 aromatic carbocycles. The summed E-state index contributed by atoms with van der Waals surface area (Å²) in [5, 5.41) is 0. The molecule has 1 fully saturated rings. The van der Waals surface area contributed by atoms with Crippen molar-refractivity contribution in [3.05, 3.63) is 46.8 Å². The van der Waals surface area contributed by atoms with Gasteiger partial charge in [0.2, 0.25) is 5.91 Å². The number of aryl methyl sites for hydroxylation is 1. The van der Waals surface area contributed by atoms with E-state index in [1.807, 2.05) is 11.8 Å². The molecule has 1 aliphatic rings. The quantitative estimate of drug-likeness (QED) is 0.582. The third-order valence-electron chi connectivity index (χ3n) is 6.22. The van der Waals surface area contributed by atoms with Crippen LogP contribution in [0.25, 0.3) is 11.1 Å². The molecule has 1 aliphatic heterocycles. The van der Waals surface area contributed by atoms with Crippen LogP contribution < -0.4 is 5.73 Å². The van der Waals surface area contributed by atoms with Gasteiger partial charge in [-0.15, -0.1) is 0 Å². The fraction of sp³-hybridized carbons (Fsp3) is 0.520. The number of hydrogen-bond acceptors (Lipinski definition) is 2. The summed E-state index contributed by atoms with van der Waals surface area (Å²) < 4.78 is 2.28. The normalized spacial score (nSPS) is 14.0. The highest BCUT2D eigenvalue weighted by Crippen LogP contribution is 2.34. The number of carbonyl (C=O) groups excluding carboxylic acids is 2. The first-order valence-corrected chi connectivity index (χ1v) is 11.3. The molecule has 0 radical (unpaired) electrons. The number of aromatic nitrogens is 1. The van der Waals surface area contributed by atoms with Gasteiger partial charge in [-0.1, -0.05) is 49.6 Å². The van der Waals surface area contributed by atoms with E-state index in [0.29, 0.717) is 12.0 Å². The number of likely N-dealkylation sites (tertiary alicyclic amines) is 1. The van der Waals surface area contributed by atoms with Gasteiger partial charge in [-0.25, -0.2) is 0 Å². The second-order valence-electron chi connectivity index (χ2n) is 8.46. The van der Waals surface area contributed by atoms with Crippen molar-refractivity contribution in [2.24, 2.45) is 5.73 Å². The number of nitrogens with two attached hydrogens (primary N) is 1. The van der Waals surface area contributed by atoms with Gasteiger partial charge in [0.25, 0.3) is 5.91 Å². The molecule has 2 N–H and O–H groups in total. The lowest BCUT2D eigenvalue weighted by Gasteiger charge is -2.18. The topological polar surface area (TPSA) is 68.3 Å². The largest absolute Gasteiger partial charge is 0.366 e. The highest BCUT2D eigenvalue weighted by Gasteiger charge is 2.25. The van der Waals surface area contributed by atoms with E-state index in [1.54, 1.807) is 0 Å². The molecule has 0 atom stereocenters. The molecule has 0 saturated carbocycles. The van der Waals surface area contributed by atoms with Crippen molar-refractivity contribution in [1.82, 2.24) is 9.47 Å². The third kappa shape index (κ3) is 4.77. The van der Waals surface area contributed by atoms with E-state index in [9.17, 15) is 9.59 Å². The van der Waals surface area contributed by atoms with Crippen LogP contribution in [-0.2, 0) is 17.8 Å². The van der Waals surface area contributed by atoms with Crippen molar-refractivity contribution in [3.8, 4) is 11.1 Å². The van der Waals surface area contributed by atoms with Crippen molar-refractivity contribution in [2.45, 2.75) is 72.3 Å². The van der Waals surface area contributed by atoms with E-state index in [-0.39, 0.29) is 11.8 Å². The molecule has 2 amide bonds. The Balaban J connectivity index is 1.96. The summed E-state index contributed by atoms with van der Waals surface area (Å²) >= 11 is 0. The van der Waals surface area contributed by atoms with Gasteiger partial charge >= 0.3 is 0 Å². The highest BCUT2D eigenvalue weighted by atomic mass is 16.2. The second-order valence-corrected chi connectivity index (χ2v) is 8.46. The maximum atomic E-state index is 12.5. The monoisotopic (exact) mass is 409 g/mol. The molecule has 5 nitrogen and oxygen atoms in total. The number of carbonyl (C=O) groups is 2. The Labute approximate surface area is 180 Å². The van der Waals surface area contributed by atoms with Crippen LogP contribution in [0.2, 0.25) is 0 Å². The van der Waals surface area contributed by atoms with Crippen molar-refractivity contribution in [1.29, 1.82) is 0 Å². The Kier molecular flexibility index (Phi) is 7.35. The van der Waals surface area contributed by atoms with Crippen molar-refractivity contribution >= 4 is 11.8 Å². The van der Waals surface area contributed by atoms with Gasteiger partial charge in [-0.2, -0.15) is 0 Å². The maximum Gasteiger partial charge on any atom is 0.251 e. The molecular formula is C25H35N3O2. The number of rotatable bonds is 10. The number of nitrogens with zero attached hydrogens (tertiary/aromatic N) is 2. The van der Waals surface area contributed by atoms with Gasteiger partial charge in [0.05, 0.1) is 5.56 Å². The summed E-state index contributed by atoms with van der Waals surface area (Å²) in [6, 6.07) is 8.35. The first kappa shape index (κ1) is 22.1. The molecule has 1 saturated heterocycles. The molecule has 0 spiro atoms. The fourth-order valence-electron chi connectivity index (χ4n) is 4.60. The Morgan fingerprint density at radius 1 is 1.07 bits per heavy atom. The summed E-state index contributed by atoms with van der Waals surface area (Å²) in [7, 11) is 0. The molecular weight excluding hydrogens is 374 g/mol. The molecule has 2 heterocycles. The number of unbranched alkanes of at least 4 members (excludes halogenated alkanes) is 2. The van der Waals surface area contributed by atoms with Crippen LogP contribution in [0.5, 0.6) is 0 Å². The molecule has 5 heteroatoms. The summed E-state index contributed by atoms with van der Waals surface area (Å²) in [6.07, 6.45) is 6.84. The van der Waals surface area contributed by atoms with E-state index in [0.717, 1.165) is 75.0 Å². The summed E-state index contributed by atoms with van der Waals surface area (Å²) in [5.41, 5.74) is 11.9. The zero-order valence-corrected chi connectivity index (χ0v) is 18.7. The van der Waals surface area contributed by atoms with Crippen LogP contribution in [0.3, 0.4) is 0 Å². The van der Waals surface area contributed by atoms with Crippen molar-refractivity contribution < 1.29 is 9.59 Å². The predicted octanol–water partition coefficient (Wildman–Crippen LogP) is 4.62. The molecule has 3 rings (SSSR count). The first-order valence-electron chi connectivity index (χ1n) is 11.3. The lowest BCUT2D eigenvalue weighted by Crippen LogP contribution is -2.26.